The number of carbonyl (C=O) groups is 2. The van der Waals surface area contributed by atoms with Gasteiger partial charge in [0.25, 0.3) is 0 Å². The number of aromatic nitrogens is 1. The average molecular weight is 602 g/mol. The molecule has 0 aliphatic carbocycles. The minimum atomic E-state index is -0.838. The maximum atomic E-state index is 13.7. The fraction of sp³-hybridized carbons (Fsp3) is 0.300. The fourth-order valence-electron chi connectivity index (χ4n) is 5.96. The highest BCUT2D eigenvalue weighted by Gasteiger charge is 2.21. The van der Waals surface area contributed by atoms with Gasteiger partial charge in [-0.3, -0.25) is 9.59 Å². The quantitative estimate of drug-likeness (QED) is 0.124. The third-order valence-corrected chi connectivity index (χ3v) is 8.08. The summed E-state index contributed by atoms with van der Waals surface area (Å²) in [6.45, 7) is 8.91. The summed E-state index contributed by atoms with van der Waals surface area (Å²) in [5, 5.41) is 10.1. The van der Waals surface area contributed by atoms with Crippen LogP contribution >= 0.6 is 0 Å². The smallest absolute Gasteiger partial charge is 0.303 e. The van der Waals surface area contributed by atoms with Crippen LogP contribution in [0.15, 0.2) is 97.1 Å². The summed E-state index contributed by atoms with van der Waals surface area (Å²) in [4.78, 5) is 28.2. The number of hydrogen-bond donors (Lipinski definition) is 2. The van der Waals surface area contributed by atoms with E-state index in [2.05, 4.69) is 81.2 Å². The SMILES string of the molecule is CC(C)Cc1ccc(C(Oc2ccc(C(=O)c3[nH]c4ccccc4c3CCCC(=O)O)cc2)c2ccc(CC(C)C)cc2)cc1. The molecule has 0 aliphatic heterocycles. The van der Waals surface area contributed by atoms with Crippen molar-refractivity contribution in [2.24, 2.45) is 11.8 Å². The highest BCUT2D eigenvalue weighted by atomic mass is 16.5. The first-order chi connectivity index (χ1) is 21.7. The summed E-state index contributed by atoms with van der Waals surface area (Å²) in [5.74, 6) is 0.883. The van der Waals surface area contributed by atoms with E-state index in [-0.39, 0.29) is 18.3 Å². The summed E-state index contributed by atoms with van der Waals surface area (Å²) in [6.07, 6.45) is 2.78. The Labute approximate surface area is 266 Å². The van der Waals surface area contributed by atoms with Crippen molar-refractivity contribution < 1.29 is 19.4 Å². The van der Waals surface area contributed by atoms with Crippen LogP contribution in [0.3, 0.4) is 0 Å². The van der Waals surface area contributed by atoms with Crippen LogP contribution in [0.5, 0.6) is 5.75 Å². The zero-order valence-corrected chi connectivity index (χ0v) is 26.7. The van der Waals surface area contributed by atoms with Gasteiger partial charge in [0.15, 0.2) is 0 Å². The summed E-state index contributed by atoms with van der Waals surface area (Å²) in [5.41, 5.74) is 7.54. The van der Waals surface area contributed by atoms with Crippen LogP contribution in [0.25, 0.3) is 10.9 Å². The first-order valence-corrected chi connectivity index (χ1v) is 16.0. The van der Waals surface area contributed by atoms with Crippen molar-refractivity contribution in [3.05, 3.63) is 136 Å². The molecule has 1 heterocycles. The minimum Gasteiger partial charge on any atom is -0.481 e. The predicted octanol–water partition coefficient (Wildman–Crippen LogP) is 9.37. The van der Waals surface area contributed by atoms with Gasteiger partial charge in [-0.05, 0) is 95.7 Å². The molecule has 0 atom stereocenters. The van der Waals surface area contributed by atoms with E-state index in [0.29, 0.717) is 41.7 Å². The van der Waals surface area contributed by atoms with Gasteiger partial charge in [-0.25, -0.2) is 0 Å². The van der Waals surface area contributed by atoms with Crippen molar-refractivity contribution in [2.45, 2.75) is 65.9 Å². The molecule has 1 aromatic heterocycles. The van der Waals surface area contributed by atoms with Crippen LogP contribution in [-0.4, -0.2) is 21.8 Å². The molecule has 0 saturated heterocycles. The number of nitrogens with one attached hydrogen (secondary N) is 1. The lowest BCUT2D eigenvalue weighted by Crippen LogP contribution is -2.11. The number of benzene rings is 4. The first-order valence-electron chi connectivity index (χ1n) is 16.0. The summed E-state index contributed by atoms with van der Waals surface area (Å²) < 4.78 is 6.64. The van der Waals surface area contributed by atoms with Gasteiger partial charge in [-0.2, -0.15) is 0 Å². The van der Waals surface area contributed by atoms with Gasteiger partial charge in [0.1, 0.15) is 11.9 Å². The maximum Gasteiger partial charge on any atom is 0.303 e. The van der Waals surface area contributed by atoms with Crippen LogP contribution in [0.2, 0.25) is 0 Å². The monoisotopic (exact) mass is 601 g/mol. The number of ketones is 1. The van der Waals surface area contributed by atoms with Crippen LogP contribution in [0.4, 0.5) is 0 Å². The Morgan fingerprint density at radius 3 is 1.82 bits per heavy atom. The van der Waals surface area contributed by atoms with Crippen molar-refractivity contribution in [3.63, 3.8) is 0 Å². The van der Waals surface area contributed by atoms with E-state index in [1.807, 2.05) is 36.4 Å². The maximum absolute atomic E-state index is 13.7. The molecule has 0 unspecified atom stereocenters. The van der Waals surface area contributed by atoms with E-state index in [0.717, 1.165) is 40.4 Å². The average Bonchev–Trinajstić information content (AvgIpc) is 3.38. The second-order valence-corrected chi connectivity index (χ2v) is 12.8. The third kappa shape index (κ3) is 8.10. The Morgan fingerprint density at radius 1 is 0.733 bits per heavy atom. The minimum absolute atomic E-state index is 0.0568. The largest absolute Gasteiger partial charge is 0.481 e. The number of fused-ring (bicyclic) bond motifs is 1. The highest BCUT2D eigenvalue weighted by molar-refractivity contribution is 6.11. The number of ether oxygens (including phenoxy) is 1. The second kappa shape index (κ2) is 14.4. The molecule has 0 bridgehead atoms. The molecule has 0 radical (unpaired) electrons. The molecular formula is C40H43NO4. The van der Waals surface area contributed by atoms with Crippen molar-refractivity contribution in [3.8, 4) is 5.75 Å². The number of carboxylic acid groups (broad SMARTS) is 1. The molecule has 0 fully saturated rings. The molecule has 0 aliphatic rings. The van der Waals surface area contributed by atoms with Crippen LogP contribution in [-0.2, 0) is 24.1 Å². The summed E-state index contributed by atoms with van der Waals surface area (Å²) >= 11 is 0. The lowest BCUT2D eigenvalue weighted by atomic mass is 9.95. The van der Waals surface area contributed by atoms with Crippen molar-refractivity contribution >= 4 is 22.7 Å². The number of para-hydroxylation sites is 1. The predicted molar refractivity (Wildman–Crippen MR) is 181 cm³/mol. The number of carbonyl (C=O) groups excluding carboxylic acids is 1. The van der Waals surface area contributed by atoms with Crippen LogP contribution in [0, 0.1) is 11.8 Å². The lowest BCUT2D eigenvalue weighted by Gasteiger charge is -2.21. The van der Waals surface area contributed by atoms with Gasteiger partial charge in [-0.15, -0.1) is 0 Å². The Bertz CT molecular complexity index is 1680. The molecule has 5 aromatic rings. The van der Waals surface area contributed by atoms with E-state index in [4.69, 9.17) is 9.84 Å². The van der Waals surface area contributed by atoms with Crippen LogP contribution < -0.4 is 4.74 Å². The van der Waals surface area contributed by atoms with E-state index < -0.39 is 5.97 Å². The highest BCUT2D eigenvalue weighted by Crippen LogP contribution is 2.31. The fourth-order valence-corrected chi connectivity index (χ4v) is 5.96. The normalized spacial score (nSPS) is 11.5. The number of rotatable bonds is 14. The first kappa shape index (κ1) is 31.8. The second-order valence-electron chi connectivity index (χ2n) is 12.8. The molecule has 232 valence electrons. The zero-order chi connectivity index (χ0) is 31.9. The Hall–Kier alpha value is -4.64. The summed E-state index contributed by atoms with van der Waals surface area (Å²) in [7, 11) is 0. The van der Waals surface area contributed by atoms with Gasteiger partial charge in [0, 0.05) is 22.9 Å². The standard InChI is InChI=1S/C40H43NO4/c1-26(2)24-28-12-16-31(17-13-28)40(32-18-14-29(15-19-32)25-27(3)4)45-33-22-20-30(21-23-33)39(44)38-35(9-7-11-37(42)43)34-8-5-6-10-36(34)41-38/h5-6,8,10,12-23,26-27,40-41H,7,9,11,24-25H2,1-4H3,(H,42,43). The molecular weight excluding hydrogens is 558 g/mol. The van der Waals surface area contributed by atoms with E-state index in [1.165, 1.54) is 11.1 Å². The molecule has 45 heavy (non-hydrogen) atoms. The van der Waals surface area contributed by atoms with Crippen molar-refractivity contribution in [2.75, 3.05) is 0 Å². The van der Waals surface area contributed by atoms with Crippen molar-refractivity contribution in [1.29, 1.82) is 0 Å². The molecule has 0 spiro atoms. The Kier molecular flexibility index (Phi) is 10.2. The van der Waals surface area contributed by atoms with Gasteiger partial charge in [-0.1, -0.05) is 94.4 Å². The molecule has 0 amide bonds. The molecule has 5 heteroatoms. The van der Waals surface area contributed by atoms with E-state index in [1.54, 1.807) is 12.1 Å². The van der Waals surface area contributed by atoms with Crippen molar-refractivity contribution in [1.82, 2.24) is 4.98 Å². The Morgan fingerprint density at radius 2 is 1.29 bits per heavy atom. The number of carboxylic acids is 1. The third-order valence-electron chi connectivity index (χ3n) is 8.08. The number of aromatic amines is 1. The number of aryl methyl sites for hydroxylation is 1. The van der Waals surface area contributed by atoms with Gasteiger partial charge in [0.05, 0.1) is 5.69 Å². The van der Waals surface area contributed by atoms with E-state index >= 15 is 0 Å². The zero-order valence-electron chi connectivity index (χ0n) is 26.7. The van der Waals surface area contributed by atoms with E-state index in [9.17, 15) is 9.59 Å². The molecule has 2 N–H and O–H groups in total. The Balaban J connectivity index is 1.40. The van der Waals surface area contributed by atoms with Gasteiger partial charge < -0.3 is 14.8 Å². The molecule has 5 nitrogen and oxygen atoms in total. The van der Waals surface area contributed by atoms with Crippen LogP contribution in [0.1, 0.15) is 90.5 Å². The summed E-state index contributed by atoms with van der Waals surface area (Å²) in [6, 6.07) is 32.5. The number of hydrogen-bond acceptors (Lipinski definition) is 3. The molecule has 4 aromatic carbocycles. The van der Waals surface area contributed by atoms with Gasteiger partial charge >= 0.3 is 5.97 Å². The topological polar surface area (TPSA) is 79.4 Å². The number of H-pyrrole nitrogens is 1. The molecule has 5 rings (SSSR count). The number of aliphatic carboxylic acids is 1. The van der Waals surface area contributed by atoms with Gasteiger partial charge in [0.2, 0.25) is 5.78 Å². The molecule has 0 saturated carbocycles. The lowest BCUT2D eigenvalue weighted by molar-refractivity contribution is -0.137.